The Bertz CT molecular complexity index is 630. The van der Waals surface area contributed by atoms with Gasteiger partial charge in [-0.3, -0.25) is 5.32 Å². The fraction of sp³-hybridized carbons (Fsp3) is 0.400. The molecule has 7 heteroatoms. The summed E-state index contributed by atoms with van der Waals surface area (Å²) < 4.78 is 4.28. The van der Waals surface area contributed by atoms with E-state index in [-0.39, 0.29) is 12.1 Å². The lowest BCUT2D eigenvalue weighted by molar-refractivity contribution is 0.216. The molecule has 0 aliphatic carbocycles. The molecule has 0 saturated carbocycles. The van der Waals surface area contributed by atoms with Crippen molar-refractivity contribution in [1.29, 1.82) is 0 Å². The second kappa shape index (κ2) is 6.85. The molecule has 3 rings (SSSR count). The highest BCUT2D eigenvalue weighted by atomic mass is 32.1. The van der Waals surface area contributed by atoms with Gasteiger partial charge < -0.3 is 10.2 Å². The van der Waals surface area contributed by atoms with Crippen LogP contribution in [0.4, 0.5) is 9.93 Å². The number of likely N-dealkylation sites (tertiary alicyclic amines) is 1. The van der Waals surface area contributed by atoms with E-state index in [1.165, 1.54) is 11.5 Å². The zero-order valence-corrected chi connectivity index (χ0v) is 13.3. The molecular weight excluding hydrogens is 298 g/mol. The maximum absolute atomic E-state index is 12.0. The number of piperidine rings is 1. The van der Waals surface area contributed by atoms with Gasteiger partial charge in [-0.25, -0.2) is 4.79 Å². The summed E-state index contributed by atoms with van der Waals surface area (Å²) in [5, 5.41) is 6.28. The van der Waals surface area contributed by atoms with Crippen LogP contribution >= 0.6 is 11.5 Å². The standard InChI is InChI=1S/C15H19N5OS/c1-20-9-5-8-12(10-20)16-14(21)18-15-17-13(19-22-15)11-6-3-2-4-7-11/h2-4,6-7,12H,5,8-10H2,1H3,(H2,16,17,18,19,21). The normalized spacial score (nSPS) is 18.9. The molecule has 0 radical (unpaired) electrons. The number of likely N-dealkylation sites (N-methyl/N-ethyl adjacent to an activating group) is 1. The van der Waals surface area contributed by atoms with Crippen molar-refractivity contribution in [2.24, 2.45) is 0 Å². The van der Waals surface area contributed by atoms with Crippen LogP contribution < -0.4 is 10.6 Å². The predicted octanol–water partition coefficient (Wildman–Crippen LogP) is 2.42. The van der Waals surface area contributed by atoms with E-state index in [9.17, 15) is 4.79 Å². The van der Waals surface area contributed by atoms with Gasteiger partial charge in [-0.05, 0) is 26.4 Å². The third-order valence-corrected chi connectivity index (χ3v) is 4.27. The number of nitrogens with one attached hydrogen (secondary N) is 2. The van der Waals surface area contributed by atoms with Gasteiger partial charge in [-0.1, -0.05) is 30.3 Å². The number of hydrogen-bond donors (Lipinski definition) is 2. The molecule has 1 aliphatic rings. The number of anilines is 1. The molecule has 0 bridgehead atoms. The van der Waals surface area contributed by atoms with Crippen LogP contribution in [0.25, 0.3) is 11.4 Å². The zero-order valence-electron chi connectivity index (χ0n) is 12.5. The Balaban J connectivity index is 1.57. The molecule has 2 aromatic rings. The van der Waals surface area contributed by atoms with Gasteiger partial charge in [-0.2, -0.15) is 9.36 Å². The van der Waals surface area contributed by atoms with Gasteiger partial charge in [0.1, 0.15) is 0 Å². The SMILES string of the molecule is CN1CCCC(NC(=O)Nc2nc(-c3ccccc3)ns2)C1. The number of nitrogens with zero attached hydrogens (tertiary/aromatic N) is 3. The zero-order chi connectivity index (χ0) is 15.4. The van der Waals surface area contributed by atoms with Crippen molar-refractivity contribution >= 4 is 22.7 Å². The van der Waals surface area contributed by atoms with Crippen molar-refractivity contribution in [2.45, 2.75) is 18.9 Å². The number of amides is 2. The van der Waals surface area contributed by atoms with Gasteiger partial charge in [0, 0.05) is 29.7 Å². The van der Waals surface area contributed by atoms with E-state index in [1.54, 1.807) is 0 Å². The molecule has 2 amide bonds. The molecule has 2 N–H and O–H groups in total. The van der Waals surface area contributed by atoms with Crippen LogP contribution in [0, 0.1) is 0 Å². The Morgan fingerprint density at radius 1 is 1.36 bits per heavy atom. The molecule has 116 valence electrons. The van der Waals surface area contributed by atoms with E-state index < -0.39 is 0 Å². The molecule has 1 aromatic heterocycles. The van der Waals surface area contributed by atoms with Gasteiger partial charge in [0.15, 0.2) is 5.82 Å². The quantitative estimate of drug-likeness (QED) is 0.912. The third-order valence-electron chi connectivity index (χ3n) is 3.64. The highest BCUT2D eigenvalue weighted by molar-refractivity contribution is 7.10. The molecule has 1 fully saturated rings. The van der Waals surface area contributed by atoms with Crippen LogP contribution in [0.1, 0.15) is 12.8 Å². The maximum Gasteiger partial charge on any atom is 0.321 e. The molecule has 1 unspecified atom stereocenters. The molecular formula is C15H19N5OS. The Morgan fingerprint density at radius 3 is 2.95 bits per heavy atom. The first kappa shape index (κ1) is 14.9. The van der Waals surface area contributed by atoms with E-state index in [0.717, 1.165) is 31.5 Å². The van der Waals surface area contributed by atoms with Gasteiger partial charge in [0.2, 0.25) is 5.13 Å². The Hall–Kier alpha value is -1.99. The van der Waals surface area contributed by atoms with E-state index in [1.807, 2.05) is 30.3 Å². The Morgan fingerprint density at radius 2 is 2.18 bits per heavy atom. The molecule has 6 nitrogen and oxygen atoms in total. The highest BCUT2D eigenvalue weighted by Crippen LogP contribution is 2.20. The largest absolute Gasteiger partial charge is 0.334 e. The number of aromatic nitrogens is 2. The molecule has 22 heavy (non-hydrogen) atoms. The highest BCUT2D eigenvalue weighted by Gasteiger charge is 2.19. The topological polar surface area (TPSA) is 70.2 Å². The lowest BCUT2D eigenvalue weighted by atomic mass is 10.1. The monoisotopic (exact) mass is 317 g/mol. The van der Waals surface area contributed by atoms with Crippen molar-refractivity contribution in [3.05, 3.63) is 30.3 Å². The number of hydrogen-bond acceptors (Lipinski definition) is 5. The smallest absolute Gasteiger partial charge is 0.321 e. The summed E-state index contributed by atoms with van der Waals surface area (Å²) in [6, 6.07) is 9.71. The molecule has 1 atom stereocenters. The minimum absolute atomic E-state index is 0.195. The average molecular weight is 317 g/mol. The minimum Gasteiger partial charge on any atom is -0.334 e. The first-order valence-electron chi connectivity index (χ1n) is 7.36. The van der Waals surface area contributed by atoms with E-state index in [2.05, 4.69) is 31.9 Å². The van der Waals surface area contributed by atoms with E-state index in [4.69, 9.17) is 0 Å². The van der Waals surface area contributed by atoms with E-state index >= 15 is 0 Å². The maximum atomic E-state index is 12.0. The van der Waals surface area contributed by atoms with Gasteiger partial charge >= 0.3 is 6.03 Å². The first-order chi connectivity index (χ1) is 10.7. The summed E-state index contributed by atoms with van der Waals surface area (Å²) in [4.78, 5) is 18.6. The van der Waals surface area contributed by atoms with Crippen LogP contribution in [0.3, 0.4) is 0 Å². The summed E-state index contributed by atoms with van der Waals surface area (Å²) in [5.74, 6) is 0.637. The first-order valence-corrected chi connectivity index (χ1v) is 8.13. The van der Waals surface area contributed by atoms with Crippen molar-refractivity contribution in [2.75, 3.05) is 25.5 Å². The predicted molar refractivity (Wildman–Crippen MR) is 88.0 cm³/mol. The summed E-state index contributed by atoms with van der Waals surface area (Å²) in [7, 11) is 2.07. The molecule has 2 heterocycles. The van der Waals surface area contributed by atoms with Crippen molar-refractivity contribution in [3.63, 3.8) is 0 Å². The van der Waals surface area contributed by atoms with Crippen molar-refractivity contribution in [1.82, 2.24) is 19.6 Å². The fourth-order valence-corrected chi connectivity index (χ4v) is 3.17. The second-order valence-corrected chi connectivity index (χ2v) is 6.24. The number of benzene rings is 1. The lowest BCUT2D eigenvalue weighted by Gasteiger charge is -2.29. The third kappa shape index (κ3) is 3.80. The number of rotatable bonds is 3. The van der Waals surface area contributed by atoms with Crippen molar-refractivity contribution in [3.8, 4) is 11.4 Å². The number of urea groups is 1. The average Bonchev–Trinajstić information content (AvgIpc) is 2.96. The molecule has 1 aliphatic heterocycles. The van der Waals surface area contributed by atoms with Gasteiger partial charge in [0.25, 0.3) is 0 Å². The minimum atomic E-state index is -0.212. The summed E-state index contributed by atoms with van der Waals surface area (Å²) >= 11 is 1.19. The fourth-order valence-electron chi connectivity index (χ4n) is 2.58. The number of carbonyl (C=O) groups excluding carboxylic acids is 1. The van der Waals surface area contributed by atoms with Crippen LogP contribution in [-0.2, 0) is 0 Å². The van der Waals surface area contributed by atoms with E-state index in [0.29, 0.717) is 11.0 Å². The summed E-state index contributed by atoms with van der Waals surface area (Å²) in [6.45, 7) is 1.98. The Kier molecular flexibility index (Phi) is 4.65. The van der Waals surface area contributed by atoms with Gasteiger partial charge in [-0.15, -0.1) is 0 Å². The summed E-state index contributed by atoms with van der Waals surface area (Å²) in [6.07, 6.45) is 2.13. The van der Waals surface area contributed by atoms with Crippen molar-refractivity contribution < 1.29 is 4.79 Å². The lowest BCUT2D eigenvalue weighted by Crippen LogP contribution is -2.47. The van der Waals surface area contributed by atoms with Crippen LogP contribution in [-0.4, -0.2) is 46.5 Å². The Labute approximate surface area is 133 Å². The molecule has 1 aromatic carbocycles. The van der Waals surface area contributed by atoms with Crippen LogP contribution in [0.5, 0.6) is 0 Å². The molecule has 0 spiro atoms. The van der Waals surface area contributed by atoms with Crippen LogP contribution in [0.2, 0.25) is 0 Å². The molecule has 1 saturated heterocycles. The van der Waals surface area contributed by atoms with Gasteiger partial charge in [0.05, 0.1) is 0 Å². The number of carbonyl (C=O) groups is 1. The van der Waals surface area contributed by atoms with Crippen LogP contribution in [0.15, 0.2) is 30.3 Å². The second-order valence-electron chi connectivity index (χ2n) is 5.49. The summed E-state index contributed by atoms with van der Waals surface area (Å²) in [5.41, 5.74) is 0.945.